The summed E-state index contributed by atoms with van der Waals surface area (Å²) in [6.07, 6.45) is 1.49. The highest BCUT2D eigenvalue weighted by Gasteiger charge is 2.15. The van der Waals surface area contributed by atoms with Gasteiger partial charge in [0.25, 0.3) is 0 Å². The van der Waals surface area contributed by atoms with Crippen LogP contribution >= 0.6 is 11.6 Å². The van der Waals surface area contributed by atoms with Crippen molar-refractivity contribution in [3.05, 3.63) is 58.4 Å². The van der Waals surface area contributed by atoms with E-state index in [1.54, 1.807) is 18.2 Å². The average molecular weight is 363 g/mol. The number of nitrogens with zero attached hydrogens (tertiary/aromatic N) is 2. The summed E-state index contributed by atoms with van der Waals surface area (Å²) in [5, 5.41) is 9.21. The van der Waals surface area contributed by atoms with Crippen LogP contribution in [-0.4, -0.2) is 43.6 Å². The maximum atomic E-state index is 14.3. The van der Waals surface area contributed by atoms with Crippen LogP contribution in [0.15, 0.2) is 41.4 Å². The Kier molecular flexibility index (Phi) is 5.31. The second-order valence-corrected chi connectivity index (χ2v) is 5.94. The highest BCUT2D eigenvalue weighted by molar-refractivity contribution is 6.33. The molecule has 2 aromatic rings. The third kappa shape index (κ3) is 4.15. The monoisotopic (exact) mass is 362 g/mol. The number of halogens is 2. The van der Waals surface area contributed by atoms with E-state index in [0.717, 1.165) is 0 Å². The smallest absolute Gasteiger partial charge is 0.337 e. The predicted molar refractivity (Wildman–Crippen MR) is 95.1 cm³/mol. The number of aromatic carboxylic acids is 1. The van der Waals surface area contributed by atoms with Crippen LogP contribution in [0.4, 0.5) is 15.8 Å². The average Bonchev–Trinajstić information content (AvgIpc) is 2.61. The van der Waals surface area contributed by atoms with Gasteiger partial charge in [0.15, 0.2) is 0 Å². The third-order valence-electron chi connectivity index (χ3n) is 3.87. The summed E-state index contributed by atoms with van der Waals surface area (Å²) in [4.78, 5) is 17.2. The van der Waals surface area contributed by atoms with Gasteiger partial charge in [0.05, 0.1) is 35.2 Å². The number of carbonyl (C=O) groups is 1. The molecule has 0 saturated carbocycles. The number of hydrogen-bond donors (Lipinski definition) is 1. The van der Waals surface area contributed by atoms with Crippen molar-refractivity contribution in [3.63, 3.8) is 0 Å². The fraction of sp³-hybridized carbons (Fsp3) is 0.222. The van der Waals surface area contributed by atoms with Gasteiger partial charge in [0.2, 0.25) is 0 Å². The molecular formula is C18H16ClFN2O3. The zero-order valence-electron chi connectivity index (χ0n) is 13.3. The standard InChI is InChI=1S/C18H16ClFN2O3/c19-15-3-2-13(10-14(15)18(23)24)21-11-12-1-4-17(16(20)9-12)22-5-7-25-8-6-22/h1-4,9-11H,5-8H2,(H,23,24). The molecule has 1 N–H and O–H groups in total. The number of carboxylic acids is 1. The Morgan fingerprint density at radius 1 is 1.24 bits per heavy atom. The molecule has 1 aliphatic heterocycles. The van der Waals surface area contributed by atoms with E-state index in [1.165, 1.54) is 24.4 Å². The van der Waals surface area contributed by atoms with Crippen molar-refractivity contribution in [2.24, 2.45) is 4.99 Å². The summed E-state index contributed by atoms with van der Waals surface area (Å²) in [5.41, 5.74) is 1.53. The molecule has 0 spiro atoms. The minimum Gasteiger partial charge on any atom is -0.478 e. The Balaban J connectivity index is 1.79. The zero-order valence-corrected chi connectivity index (χ0v) is 14.0. The molecule has 0 unspecified atom stereocenters. The van der Waals surface area contributed by atoms with E-state index in [-0.39, 0.29) is 16.4 Å². The largest absolute Gasteiger partial charge is 0.478 e. The van der Waals surface area contributed by atoms with Gasteiger partial charge in [-0.05, 0) is 35.9 Å². The second kappa shape index (κ2) is 7.63. The lowest BCUT2D eigenvalue weighted by molar-refractivity contribution is 0.0697. The number of morpholine rings is 1. The zero-order chi connectivity index (χ0) is 17.8. The van der Waals surface area contributed by atoms with Gasteiger partial charge in [-0.1, -0.05) is 17.7 Å². The van der Waals surface area contributed by atoms with Gasteiger partial charge in [-0.15, -0.1) is 0 Å². The lowest BCUT2D eigenvalue weighted by Gasteiger charge is -2.29. The molecule has 0 atom stereocenters. The molecule has 0 aliphatic carbocycles. The van der Waals surface area contributed by atoms with E-state index in [0.29, 0.717) is 43.2 Å². The van der Waals surface area contributed by atoms with Gasteiger partial charge in [-0.25, -0.2) is 9.18 Å². The van der Waals surface area contributed by atoms with Crippen LogP contribution in [-0.2, 0) is 4.74 Å². The highest BCUT2D eigenvalue weighted by atomic mass is 35.5. The molecule has 25 heavy (non-hydrogen) atoms. The first-order chi connectivity index (χ1) is 12.0. The van der Waals surface area contributed by atoms with E-state index in [9.17, 15) is 9.18 Å². The number of rotatable bonds is 4. The van der Waals surface area contributed by atoms with E-state index in [4.69, 9.17) is 21.4 Å². The van der Waals surface area contributed by atoms with Gasteiger partial charge in [0.1, 0.15) is 5.82 Å². The topological polar surface area (TPSA) is 62.1 Å². The summed E-state index contributed by atoms with van der Waals surface area (Å²) < 4.78 is 19.6. The number of carboxylic acid groups (broad SMARTS) is 1. The van der Waals surface area contributed by atoms with Gasteiger partial charge in [-0.2, -0.15) is 0 Å². The van der Waals surface area contributed by atoms with Crippen molar-refractivity contribution < 1.29 is 19.0 Å². The first-order valence-electron chi connectivity index (χ1n) is 7.74. The Morgan fingerprint density at radius 2 is 2.00 bits per heavy atom. The van der Waals surface area contributed by atoms with Crippen molar-refractivity contribution >= 4 is 35.2 Å². The maximum absolute atomic E-state index is 14.3. The summed E-state index contributed by atoms with van der Waals surface area (Å²) in [7, 11) is 0. The number of anilines is 1. The second-order valence-electron chi connectivity index (χ2n) is 5.54. The molecule has 7 heteroatoms. The van der Waals surface area contributed by atoms with Crippen LogP contribution in [0.1, 0.15) is 15.9 Å². The van der Waals surface area contributed by atoms with Crippen molar-refractivity contribution in [3.8, 4) is 0 Å². The van der Waals surface area contributed by atoms with Gasteiger partial charge >= 0.3 is 5.97 Å². The predicted octanol–water partition coefficient (Wildman–Crippen LogP) is 3.76. The summed E-state index contributed by atoms with van der Waals surface area (Å²) in [5.74, 6) is -1.45. The van der Waals surface area contributed by atoms with E-state index < -0.39 is 5.97 Å². The molecule has 1 fully saturated rings. The Morgan fingerprint density at radius 3 is 2.68 bits per heavy atom. The van der Waals surface area contributed by atoms with Crippen LogP contribution < -0.4 is 4.90 Å². The fourth-order valence-electron chi connectivity index (χ4n) is 2.57. The number of aliphatic imine (C=N–C) groups is 1. The molecule has 1 saturated heterocycles. The molecule has 3 rings (SSSR count). The first-order valence-corrected chi connectivity index (χ1v) is 8.11. The molecule has 0 bridgehead atoms. The molecule has 0 radical (unpaired) electrons. The molecule has 1 heterocycles. The molecular weight excluding hydrogens is 347 g/mol. The van der Waals surface area contributed by atoms with Crippen molar-refractivity contribution in [2.75, 3.05) is 31.2 Å². The third-order valence-corrected chi connectivity index (χ3v) is 4.20. The molecule has 2 aromatic carbocycles. The van der Waals surface area contributed by atoms with Gasteiger partial charge < -0.3 is 14.7 Å². The summed E-state index contributed by atoms with van der Waals surface area (Å²) >= 11 is 5.82. The van der Waals surface area contributed by atoms with Crippen molar-refractivity contribution in [1.29, 1.82) is 0 Å². The van der Waals surface area contributed by atoms with Crippen molar-refractivity contribution in [1.82, 2.24) is 0 Å². The van der Waals surface area contributed by atoms with Gasteiger partial charge in [0, 0.05) is 19.3 Å². The number of ether oxygens (including phenoxy) is 1. The molecule has 0 aromatic heterocycles. The summed E-state index contributed by atoms with van der Waals surface area (Å²) in [6, 6.07) is 9.34. The highest BCUT2D eigenvalue weighted by Crippen LogP contribution is 2.24. The van der Waals surface area contributed by atoms with E-state index in [2.05, 4.69) is 4.99 Å². The number of hydrogen-bond acceptors (Lipinski definition) is 4. The van der Waals surface area contributed by atoms with E-state index >= 15 is 0 Å². The fourth-order valence-corrected chi connectivity index (χ4v) is 2.77. The minimum atomic E-state index is -1.12. The van der Waals surface area contributed by atoms with Crippen LogP contribution in [0.3, 0.4) is 0 Å². The van der Waals surface area contributed by atoms with Crippen LogP contribution in [0.25, 0.3) is 0 Å². The van der Waals surface area contributed by atoms with Gasteiger partial charge in [-0.3, -0.25) is 4.99 Å². The summed E-state index contributed by atoms with van der Waals surface area (Å²) in [6.45, 7) is 2.50. The van der Waals surface area contributed by atoms with Crippen molar-refractivity contribution in [2.45, 2.75) is 0 Å². The molecule has 1 aliphatic rings. The molecule has 130 valence electrons. The Labute approximate surface area is 149 Å². The SMILES string of the molecule is O=C(O)c1cc(N=Cc2ccc(N3CCOCC3)c(F)c2)ccc1Cl. The lowest BCUT2D eigenvalue weighted by atomic mass is 10.1. The first kappa shape index (κ1) is 17.4. The lowest BCUT2D eigenvalue weighted by Crippen LogP contribution is -2.36. The normalized spacial score (nSPS) is 14.9. The minimum absolute atomic E-state index is 0.0230. The maximum Gasteiger partial charge on any atom is 0.337 e. The van der Waals surface area contributed by atoms with Crippen LogP contribution in [0.2, 0.25) is 5.02 Å². The quantitative estimate of drug-likeness (QED) is 0.841. The number of benzene rings is 2. The Bertz CT molecular complexity index is 820. The van der Waals surface area contributed by atoms with Crippen LogP contribution in [0.5, 0.6) is 0 Å². The van der Waals surface area contributed by atoms with Crippen LogP contribution in [0, 0.1) is 5.82 Å². The molecule has 5 nitrogen and oxygen atoms in total. The Hall–Kier alpha value is -2.44. The van der Waals surface area contributed by atoms with E-state index in [1.807, 2.05) is 4.90 Å². The molecule has 0 amide bonds.